The molecule has 0 spiro atoms. The molecule has 112 valence electrons. The number of anilines is 1. The van der Waals surface area contributed by atoms with Crippen LogP contribution in [0.15, 0.2) is 66.7 Å². The minimum absolute atomic E-state index is 0.106. The Morgan fingerprint density at radius 2 is 1.77 bits per heavy atom. The molecule has 2 heteroatoms. The maximum absolute atomic E-state index is 12.4. The highest BCUT2D eigenvalue weighted by Crippen LogP contribution is 2.23. The number of para-hydroxylation sites is 1. The average molecular weight is 291 g/mol. The van der Waals surface area contributed by atoms with Crippen molar-refractivity contribution >= 4 is 11.6 Å². The van der Waals surface area contributed by atoms with Crippen molar-refractivity contribution in [1.29, 1.82) is 0 Å². The standard InChI is InChI=1S/C20H21NO/c22-20(17-11-5-2-6-12-17)21-19-14-8-7-13-18(19)15-16-9-3-1-4-10-16/h1-5,7-10,13-14,17H,6,11-12,15H2,(H,21,22)/t17-/m0/s1. The summed E-state index contributed by atoms with van der Waals surface area (Å²) in [5, 5.41) is 3.13. The van der Waals surface area contributed by atoms with Crippen molar-refractivity contribution in [2.24, 2.45) is 5.92 Å². The van der Waals surface area contributed by atoms with Crippen molar-refractivity contribution in [3.05, 3.63) is 77.9 Å². The van der Waals surface area contributed by atoms with Crippen molar-refractivity contribution < 1.29 is 4.79 Å². The van der Waals surface area contributed by atoms with Gasteiger partial charge in [-0.25, -0.2) is 0 Å². The summed E-state index contributed by atoms with van der Waals surface area (Å²) < 4.78 is 0. The fourth-order valence-corrected chi connectivity index (χ4v) is 2.88. The van der Waals surface area contributed by atoms with E-state index in [1.165, 1.54) is 5.56 Å². The fraction of sp³-hybridized carbons (Fsp3) is 0.250. The zero-order valence-corrected chi connectivity index (χ0v) is 12.7. The van der Waals surface area contributed by atoms with Gasteiger partial charge in [0.25, 0.3) is 0 Å². The number of nitrogens with one attached hydrogen (secondary N) is 1. The minimum atomic E-state index is 0.106. The molecule has 0 fully saturated rings. The second-order valence-electron chi connectivity index (χ2n) is 5.79. The summed E-state index contributed by atoms with van der Waals surface area (Å²) in [6.07, 6.45) is 7.91. The van der Waals surface area contributed by atoms with Crippen LogP contribution in [0.25, 0.3) is 0 Å². The molecule has 0 saturated carbocycles. The first-order valence-corrected chi connectivity index (χ1v) is 7.90. The van der Waals surface area contributed by atoms with Crippen LogP contribution in [0.1, 0.15) is 30.4 Å². The molecule has 1 N–H and O–H groups in total. The van der Waals surface area contributed by atoms with Gasteiger partial charge in [0, 0.05) is 11.6 Å². The number of carbonyl (C=O) groups excluding carboxylic acids is 1. The smallest absolute Gasteiger partial charge is 0.227 e. The van der Waals surface area contributed by atoms with E-state index in [4.69, 9.17) is 0 Å². The van der Waals surface area contributed by atoms with E-state index >= 15 is 0 Å². The first-order chi connectivity index (χ1) is 10.8. The van der Waals surface area contributed by atoms with Crippen LogP contribution in [-0.4, -0.2) is 5.91 Å². The van der Waals surface area contributed by atoms with Gasteiger partial charge < -0.3 is 5.32 Å². The van der Waals surface area contributed by atoms with Gasteiger partial charge in [-0.2, -0.15) is 0 Å². The van der Waals surface area contributed by atoms with Crippen LogP contribution in [0, 0.1) is 5.92 Å². The zero-order chi connectivity index (χ0) is 15.2. The van der Waals surface area contributed by atoms with Crippen LogP contribution >= 0.6 is 0 Å². The van der Waals surface area contributed by atoms with Gasteiger partial charge in [0.2, 0.25) is 5.91 Å². The Morgan fingerprint density at radius 3 is 2.55 bits per heavy atom. The van der Waals surface area contributed by atoms with Gasteiger partial charge in [-0.3, -0.25) is 4.79 Å². The lowest BCUT2D eigenvalue weighted by molar-refractivity contribution is -0.120. The highest BCUT2D eigenvalue weighted by Gasteiger charge is 2.19. The Labute approximate surface area is 131 Å². The van der Waals surface area contributed by atoms with Gasteiger partial charge >= 0.3 is 0 Å². The molecule has 1 aliphatic rings. The predicted molar refractivity (Wildman–Crippen MR) is 90.8 cm³/mol. The Morgan fingerprint density at radius 1 is 1.00 bits per heavy atom. The quantitative estimate of drug-likeness (QED) is 0.821. The van der Waals surface area contributed by atoms with Gasteiger partial charge in [-0.05, 0) is 42.9 Å². The summed E-state index contributed by atoms with van der Waals surface area (Å²) in [7, 11) is 0. The summed E-state index contributed by atoms with van der Waals surface area (Å²) >= 11 is 0. The number of benzene rings is 2. The van der Waals surface area contributed by atoms with Gasteiger partial charge in [0.15, 0.2) is 0 Å². The van der Waals surface area contributed by atoms with Crippen LogP contribution < -0.4 is 5.32 Å². The molecule has 0 aliphatic heterocycles. The third-order valence-corrected chi connectivity index (χ3v) is 4.15. The van der Waals surface area contributed by atoms with Crippen LogP contribution in [-0.2, 0) is 11.2 Å². The molecular formula is C20H21NO. The number of hydrogen-bond acceptors (Lipinski definition) is 1. The van der Waals surface area contributed by atoms with E-state index in [2.05, 4.69) is 35.7 Å². The number of allylic oxidation sites excluding steroid dienone is 2. The van der Waals surface area contributed by atoms with E-state index in [0.29, 0.717) is 0 Å². The Kier molecular flexibility index (Phi) is 4.69. The first-order valence-electron chi connectivity index (χ1n) is 7.90. The highest BCUT2D eigenvalue weighted by atomic mass is 16.1. The molecule has 1 atom stereocenters. The summed E-state index contributed by atoms with van der Waals surface area (Å²) in [5.74, 6) is 0.250. The summed E-state index contributed by atoms with van der Waals surface area (Å²) in [6, 6.07) is 18.4. The maximum Gasteiger partial charge on any atom is 0.227 e. The van der Waals surface area contributed by atoms with Gasteiger partial charge in [0.1, 0.15) is 0 Å². The second-order valence-corrected chi connectivity index (χ2v) is 5.79. The molecule has 1 aliphatic carbocycles. The monoisotopic (exact) mass is 291 g/mol. The van der Waals surface area contributed by atoms with Crippen molar-refractivity contribution in [3.63, 3.8) is 0 Å². The maximum atomic E-state index is 12.4. The average Bonchev–Trinajstić information content (AvgIpc) is 2.58. The Balaban J connectivity index is 1.73. The molecule has 0 saturated heterocycles. The van der Waals surface area contributed by atoms with Crippen LogP contribution in [0.2, 0.25) is 0 Å². The molecule has 0 heterocycles. The normalized spacial score (nSPS) is 17.2. The number of hydrogen-bond donors (Lipinski definition) is 1. The Hall–Kier alpha value is -2.35. The summed E-state index contributed by atoms with van der Waals surface area (Å²) in [6.45, 7) is 0. The predicted octanol–water partition coefficient (Wildman–Crippen LogP) is 4.57. The second kappa shape index (κ2) is 7.08. The molecule has 0 aromatic heterocycles. The Bertz CT molecular complexity index is 660. The lowest BCUT2D eigenvalue weighted by Crippen LogP contribution is -2.24. The van der Waals surface area contributed by atoms with Gasteiger partial charge in [-0.1, -0.05) is 60.7 Å². The molecule has 2 aromatic carbocycles. The third kappa shape index (κ3) is 3.64. The highest BCUT2D eigenvalue weighted by molar-refractivity contribution is 5.93. The molecule has 0 unspecified atom stereocenters. The third-order valence-electron chi connectivity index (χ3n) is 4.15. The molecule has 3 rings (SSSR count). The first kappa shape index (κ1) is 14.6. The zero-order valence-electron chi connectivity index (χ0n) is 12.7. The SMILES string of the molecule is O=C(Nc1ccccc1Cc1ccccc1)[C@H]1CC=CCC1. The molecule has 2 nitrogen and oxygen atoms in total. The van der Waals surface area contributed by atoms with Gasteiger partial charge in [-0.15, -0.1) is 0 Å². The van der Waals surface area contributed by atoms with Crippen LogP contribution in [0.4, 0.5) is 5.69 Å². The topological polar surface area (TPSA) is 29.1 Å². The number of carbonyl (C=O) groups is 1. The van der Waals surface area contributed by atoms with E-state index in [1.54, 1.807) is 0 Å². The van der Waals surface area contributed by atoms with Crippen molar-refractivity contribution in [2.45, 2.75) is 25.7 Å². The molecule has 0 radical (unpaired) electrons. The van der Waals surface area contributed by atoms with Crippen molar-refractivity contribution in [1.82, 2.24) is 0 Å². The van der Waals surface area contributed by atoms with E-state index in [9.17, 15) is 4.79 Å². The number of amides is 1. The van der Waals surface area contributed by atoms with E-state index in [-0.39, 0.29) is 11.8 Å². The fourth-order valence-electron chi connectivity index (χ4n) is 2.88. The lowest BCUT2D eigenvalue weighted by atomic mass is 9.93. The van der Waals surface area contributed by atoms with E-state index < -0.39 is 0 Å². The summed E-state index contributed by atoms with van der Waals surface area (Å²) in [5.41, 5.74) is 3.35. The van der Waals surface area contributed by atoms with Crippen molar-refractivity contribution in [2.75, 3.05) is 5.32 Å². The number of rotatable bonds is 4. The minimum Gasteiger partial charge on any atom is -0.326 e. The van der Waals surface area contributed by atoms with Crippen LogP contribution in [0.5, 0.6) is 0 Å². The van der Waals surface area contributed by atoms with Crippen molar-refractivity contribution in [3.8, 4) is 0 Å². The van der Waals surface area contributed by atoms with Crippen LogP contribution in [0.3, 0.4) is 0 Å². The molecule has 0 bridgehead atoms. The lowest BCUT2D eigenvalue weighted by Gasteiger charge is -2.18. The van der Waals surface area contributed by atoms with E-state index in [1.807, 2.05) is 36.4 Å². The van der Waals surface area contributed by atoms with E-state index in [0.717, 1.165) is 36.9 Å². The molecule has 1 amide bonds. The molecular weight excluding hydrogens is 270 g/mol. The van der Waals surface area contributed by atoms with Gasteiger partial charge in [0.05, 0.1) is 0 Å². The largest absolute Gasteiger partial charge is 0.326 e. The molecule has 22 heavy (non-hydrogen) atoms. The summed E-state index contributed by atoms with van der Waals surface area (Å²) in [4.78, 5) is 12.4. The molecule has 2 aromatic rings.